The zero-order chi connectivity index (χ0) is 32.6. The van der Waals surface area contributed by atoms with Gasteiger partial charge in [0, 0.05) is 50.6 Å². The smallest absolute Gasteiger partial charge is 0.409 e. The molecule has 3 aromatic rings. The molecule has 2 N–H and O–H groups in total. The minimum absolute atomic E-state index is 0.0592. The van der Waals surface area contributed by atoms with Crippen LogP contribution in [-0.2, 0) is 19.1 Å². The number of aromatic nitrogens is 1. The molecule has 244 valence electrons. The van der Waals surface area contributed by atoms with E-state index in [0.29, 0.717) is 23.2 Å². The van der Waals surface area contributed by atoms with Crippen molar-refractivity contribution < 1.29 is 43.0 Å². The van der Waals surface area contributed by atoms with Gasteiger partial charge in [0.1, 0.15) is 23.2 Å². The van der Waals surface area contributed by atoms with Crippen LogP contribution >= 0.6 is 0 Å². The van der Waals surface area contributed by atoms with E-state index < -0.39 is 29.9 Å². The summed E-state index contributed by atoms with van der Waals surface area (Å²) in [6, 6.07) is 10.7. The summed E-state index contributed by atoms with van der Waals surface area (Å²) in [6.45, 7) is 3.14. The number of fused-ring (bicyclic) bond motifs is 1. The van der Waals surface area contributed by atoms with Crippen LogP contribution in [0.15, 0.2) is 53.1 Å². The number of pyridine rings is 1. The first-order chi connectivity index (χ1) is 22.2. The van der Waals surface area contributed by atoms with Crippen molar-refractivity contribution in [2.45, 2.75) is 44.7 Å². The van der Waals surface area contributed by atoms with Gasteiger partial charge in [-0.2, -0.15) is 0 Å². The Morgan fingerprint density at radius 3 is 2.52 bits per heavy atom. The molecule has 14 nitrogen and oxygen atoms in total. The standard InChI is InChI=1S/C32H37N5O9/c1-2-44-32(43)36-16-14-35(15-17-36)31(42)23(11-12-29(39)40)34-30(41)24-19-27(21-7-3-4-8-22(21)33-24)46-20-28(38)37-13-5-9-25(37)26-10-6-18-45-26/h3-4,6-8,10,18-19,23,25H,2,5,9,11-17,20H2,1H3,(H,34,41)(H,39,40)/t23-,25?/m0/s1. The summed E-state index contributed by atoms with van der Waals surface area (Å²) in [5.41, 5.74) is 0.381. The van der Waals surface area contributed by atoms with Crippen molar-refractivity contribution in [1.29, 1.82) is 0 Å². The number of hydrogen-bond acceptors (Lipinski definition) is 9. The van der Waals surface area contributed by atoms with Crippen LogP contribution in [0, 0.1) is 0 Å². The summed E-state index contributed by atoms with van der Waals surface area (Å²) in [5.74, 6) is -1.52. The number of nitrogens with one attached hydrogen (secondary N) is 1. The van der Waals surface area contributed by atoms with Gasteiger partial charge in [-0.15, -0.1) is 0 Å². The van der Waals surface area contributed by atoms with E-state index in [1.807, 2.05) is 6.07 Å². The maximum Gasteiger partial charge on any atom is 0.409 e. The van der Waals surface area contributed by atoms with Crippen molar-refractivity contribution in [2.24, 2.45) is 0 Å². The van der Waals surface area contributed by atoms with E-state index in [1.165, 1.54) is 15.9 Å². The van der Waals surface area contributed by atoms with E-state index in [1.54, 1.807) is 48.4 Å². The molecule has 2 aromatic heterocycles. The van der Waals surface area contributed by atoms with Gasteiger partial charge in [-0.3, -0.25) is 19.2 Å². The Kier molecular flexibility index (Phi) is 10.4. The summed E-state index contributed by atoms with van der Waals surface area (Å²) in [6.07, 6.45) is 2.24. The van der Waals surface area contributed by atoms with Gasteiger partial charge < -0.3 is 39.0 Å². The van der Waals surface area contributed by atoms with Gasteiger partial charge in [-0.05, 0) is 50.5 Å². The number of carbonyl (C=O) groups excluding carboxylic acids is 4. The highest BCUT2D eigenvalue weighted by Gasteiger charge is 2.33. The Labute approximate surface area is 265 Å². The largest absolute Gasteiger partial charge is 0.483 e. The van der Waals surface area contributed by atoms with Crippen LogP contribution in [0.4, 0.5) is 4.79 Å². The Morgan fingerprint density at radius 1 is 1.04 bits per heavy atom. The van der Waals surface area contributed by atoms with Gasteiger partial charge in [-0.25, -0.2) is 9.78 Å². The maximum absolute atomic E-state index is 13.5. The lowest BCUT2D eigenvalue weighted by Crippen LogP contribution is -2.56. The number of likely N-dealkylation sites (tertiary alicyclic amines) is 1. The zero-order valence-electron chi connectivity index (χ0n) is 25.6. The van der Waals surface area contributed by atoms with E-state index in [0.717, 1.165) is 12.8 Å². The van der Waals surface area contributed by atoms with Crippen LogP contribution < -0.4 is 10.1 Å². The van der Waals surface area contributed by atoms with Gasteiger partial charge in [0.05, 0.1) is 24.4 Å². The highest BCUT2D eigenvalue weighted by atomic mass is 16.6. The summed E-state index contributed by atoms with van der Waals surface area (Å²) in [7, 11) is 0. The van der Waals surface area contributed by atoms with Crippen LogP contribution in [0.25, 0.3) is 10.9 Å². The number of hydrogen-bond donors (Lipinski definition) is 2. The molecule has 2 atom stereocenters. The highest BCUT2D eigenvalue weighted by molar-refractivity contribution is 5.99. The van der Waals surface area contributed by atoms with Gasteiger partial charge in [-0.1, -0.05) is 12.1 Å². The predicted molar refractivity (Wildman–Crippen MR) is 163 cm³/mol. The molecule has 2 fully saturated rings. The lowest BCUT2D eigenvalue weighted by Gasteiger charge is -2.35. The molecule has 5 rings (SSSR count). The van der Waals surface area contributed by atoms with E-state index in [4.69, 9.17) is 13.9 Å². The molecule has 0 bridgehead atoms. The highest BCUT2D eigenvalue weighted by Crippen LogP contribution is 2.32. The number of furan rings is 1. The van der Waals surface area contributed by atoms with Crippen LogP contribution in [0.3, 0.4) is 0 Å². The lowest BCUT2D eigenvalue weighted by molar-refractivity contribution is -0.138. The fourth-order valence-corrected chi connectivity index (χ4v) is 5.75. The van der Waals surface area contributed by atoms with Crippen LogP contribution in [0.2, 0.25) is 0 Å². The quantitative estimate of drug-likeness (QED) is 0.319. The number of piperazine rings is 1. The Hall–Kier alpha value is -5.14. The maximum atomic E-state index is 13.5. The zero-order valence-corrected chi connectivity index (χ0v) is 25.6. The molecule has 14 heteroatoms. The predicted octanol–water partition coefficient (Wildman–Crippen LogP) is 2.83. The molecule has 1 unspecified atom stereocenters. The van der Waals surface area contributed by atoms with E-state index in [-0.39, 0.29) is 75.6 Å². The molecule has 1 aromatic carbocycles. The van der Waals surface area contributed by atoms with Crippen LogP contribution in [0.5, 0.6) is 5.75 Å². The molecule has 4 heterocycles. The van der Waals surface area contributed by atoms with Crippen molar-refractivity contribution in [2.75, 3.05) is 45.9 Å². The number of carbonyl (C=O) groups is 5. The van der Waals surface area contributed by atoms with Crippen molar-refractivity contribution >= 4 is 40.7 Å². The minimum Gasteiger partial charge on any atom is -0.483 e. The van der Waals surface area contributed by atoms with E-state index in [9.17, 15) is 29.1 Å². The topological polar surface area (TPSA) is 172 Å². The third-order valence-corrected chi connectivity index (χ3v) is 8.07. The minimum atomic E-state index is -1.15. The number of amides is 4. The SMILES string of the molecule is CCOC(=O)N1CCN(C(=O)[C@H](CCC(=O)O)NC(=O)c2cc(OCC(=O)N3CCCC3c3ccco3)c3ccccc3n2)CC1. The Morgan fingerprint density at radius 2 is 1.80 bits per heavy atom. The molecule has 0 spiro atoms. The molecule has 2 aliphatic rings. The molecule has 4 amide bonds. The first kappa shape index (κ1) is 32.3. The Bertz CT molecular complexity index is 1570. The molecular formula is C32H37N5O9. The number of aliphatic carboxylic acids is 1. The van der Waals surface area contributed by atoms with Gasteiger partial charge in [0.25, 0.3) is 11.8 Å². The second-order valence-electron chi connectivity index (χ2n) is 11.0. The molecule has 0 saturated carbocycles. The van der Waals surface area contributed by atoms with Gasteiger partial charge in [0.2, 0.25) is 5.91 Å². The van der Waals surface area contributed by atoms with Gasteiger partial charge >= 0.3 is 12.1 Å². The molecule has 2 saturated heterocycles. The van der Waals surface area contributed by atoms with Crippen molar-refractivity contribution in [3.63, 3.8) is 0 Å². The summed E-state index contributed by atoms with van der Waals surface area (Å²) >= 11 is 0. The average molecular weight is 636 g/mol. The number of nitrogens with zero attached hydrogens (tertiary/aromatic N) is 4. The number of carboxylic acids is 1. The second kappa shape index (κ2) is 14.8. The van der Waals surface area contributed by atoms with Crippen molar-refractivity contribution in [3.05, 3.63) is 60.2 Å². The summed E-state index contributed by atoms with van der Waals surface area (Å²) < 4.78 is 16.5. The first-order valence-electron chi connectivity index (χ1n) is 15.3. The molecule has 0 radical (unpaired) electrons. The number of carboxylic acid groups (broad SMARTS) is 1. The second-order valence-corrected chi connectivity index (χ2v) is 11.0. The third kappa shape index (κ3) is 7.56. The summed E-state index contributed by atoms with van der Waals surface area (Å²) in [4.78, 5) is 72.8. The number of rotatable bonds is 11. The fourth-order valence-electron chi connectivity index (χ4n) is 5.75. The monoisotopic (exact) mass is 635 g/mol. The third-order valence-electron chi connectivity index (χ3n) is 8.07. The summed E-state index contributed by atoms with van der Waals surface area (Å²) in [5, 5.41) is 12.6. The number of benzene rings is 1. The van der Waals surface area contributed by atoms with Crippen molar-refractivity contribution in [3.8, 4) is 5.75 Å². The fraction of sp³-hybridized carbons (Fsp3) is 0.438. The molecule has 46 heavy (non-hydrogen) atoms. The van der Waals surface area contributed by atoms with E-state index in [2.05, 4.69) is 10.3 Å². The van der Waals surface area contributed by atoms with Crippen molar-refractivity contribution in [1.82, 2.24) is 25.0 Å². The molecule has 0 aliphatic carbocycles. The van der Waals surface area contributed by atoms with Gasteiger partial charge in [0.15, 0.2) is 6.61 Å². The van der Waals surface area contributed by atoms with Crippen LogP contribution in [0.1, 0.15) is 54.9 Å². The Balaban J connectivity index is 1.29. The number of ether oxygens (including phenoxy) is 2. The average Bonchev–Trinajstić information content (AvgIpc) is 3.78. The lowest BCUT2D eigenvalue weighted by atomic mass is 10.1. The first-order valence-corrected chi connectivity index (χ1v) is 15.3. The van der Waals surface area contributed by atoms with E-state index >= 15 is 0 Å². The normalized spacial score (nSPS) is 17.1. The van der Waals surface area contributed by atoms with Crippen LogP contribution in [-0.4, -0.2) is 107 Å². The number of para-hydroxylation sites is 1. The molecule has 2 aliphatic heterocycles. The molecular weight excluding hydrogens is 598 g/mol.